The molecule has 1 fully saturated rings. The van der Waals surface area contributed by atoms with Gasteiger partial charge in [0, 0.05) is 59.0 Å². The molecule has 1 saturated heterocycles. The van der Waals surface area contributed by atoms with Gasteiger partial charge >= 0.3 is 0 Å². The van der Waals surface area contributed by atoms with Crippen molar-refractivity contribution in [3.05, 3.63) is 40.7 Å². The van der Waals surface area contributed by atoms with Crippen molar-refractivity contribution >= 4 is 17.7 Å². The van der Waals surface area contributed by atoms with Gasteiger partial charge in [0.2, 0.25) is 0 Å². The zero-order chi connectivity index (χ0) is 13.1. The topological polar surface area (TPSA) is 83.3 Å². The fourth-order valence-electron chi connectivity index (χ4n) is 1.56. The number of carbonyl (C=O) groups excluding carboxylic acids is 3. The Kier molecular flexibility index (Phi) is 8.53. The summed E-state index contributed by atoms with van der Waals surface area (Å²) in [4.78, 5) is 34.0. The summed E-state index contributed by atoms with van der Waals surface area (Å²) in [7, 11) is 1.80. The Labute approximate surface area is 155 Å². The predicted octanol–water partition coefficient (Wildman–Crippen LogP) is 0.409. The number of aromatic nitrogens is 1. The summed E-state index contributed by atoms with van der Waals surface area (Å²) in [5, 5.41) is 7.06. The number of hydrogen-bond acceptors (Lipinski definition) is 3. The molecule has 104 valence electrons. The molecule has 1 atom stereocenters. The molecule has 0 aliphatic carbocycles. The van der Waals surface area contributed by atoms with E-state index in [-0.39, 0.29) is 71.5 Å². The second-order valence-corrected chi connectivity index (χ2v) is 4.00. The molecule has 1 aromatic rings. The van der Waals surface area contributed by atoms with Gasteiger partial charge in [-0.25, -0.2) is 4.57 Å². The third kappa shape index (κ3) is 5.14. The van der Waals surface area contributed by atoms with Gasteiger partial charge in [-0.2, -0.15) is 5.56 Å². The Hall–Kier alpha value is -0.474. The molecule has 2 radical (unpaired) electrons. The van der Waals surface area contributed by atoms with Crippen molar-refractivity contribution in [1.82, 2.24) is 0 Å². The van der Waals surface area contributed by atoms with Crippen LogP contribution in [0.4, 0.5) is 0 Å². The van der Waals surface area contributed by atoms with Crippen LogP contribution >= 0.6 is 0 Å². The van der Waals surface area contributed by atoms with Crippen LogP contribution in [0.25, 0.3) is 10.6 Å². The molecule has 8 heteroatoms. The van der Waals surface area contributed by atoms with Gasteiger partial charge in [0.15, 0.2) is 0 Å². The van der Waals surface area contributed by atoms with Crippen LogP contribution in [0.3, 0.4) is 0 Å². The van der Waals surface area contributed by atoms with E-state index in [1.807, 2.05) is 0 Å². The average molecular weight is 520 g/mol. The van der Waals surface area contributed by atoms with Crippen LogP contribution in [0, 0.1) is 6.07 Å². The van der Waals surface area contributed by atoms with Gasteiger partial charge in [-0.3, -0.25) is 0 Å². The van der Waals surface area contributed by atoms with Crippen LogP contribution in [0.5, 0.6) is 0 Å². The summed E-state index contributed by atoms with van der Waals surface area (Å²) in [6, 6.07) is 3.50. The van der Waals surface area contributed by atoms with Crippen molar-refractivity contribution in [1.29, 1.82) is 0 Å². The van der Waals surface area contributed by atoms with E-state index in [2.05, 4.69) is 16.7 Å². The summed E-state index contributed by atoms with van der Waals surface area (Å²) in [6.07, 6.45) is 3.68. The number of pyridine rings is 1. The number of carbonyl (C=O) groups is 3. The normalized spacial score (nSPS) is 17.4. The van der Waals surface area contributed by atoms with E-state index in [9.17, 15) is 14.4 Å². The summed E-state index contributed by atoms with van der Waals surface area (Å²) < 4.78 is 1.73. The van der Waals surface area contributed by atoms with Gasteiger partial charge in [-0.05, 0) is 12.3 Å². The molecule has 0 bridgehead atoms. The van der Waals surface area contributed by atoms with Crippen LogP contribution in [0.1, 0.15) is 23.2 Å². The number of rotatable bonds is 2. The molecule has 20 heavy (non-hydrogen) atoms. The van der Waals surface area contributed by atoms with E-state index in [1.165, 1.54) is 0 Å². The summed E-state index contributed by atoms with van der Waals surface area (Å²) in [5.74, 6) is -1.60. The van der Waals surface area contributed by atoms with Crippen LogP contribution in [0.2, 0.25) is 0 Å². The number of aryl methyl sites for hydroxylation is 1. The van der Waals surface area contributed by atoms with Crippen molar-refractivity contribution in [2.24, 2.45) is 7.05 Å². The first-order valence-electron chi connectivity index (χ1n) is 5.47. The van der Waals surface area contributed by atoms with E-state index in [0.717, 1.165) is 0 Å². The van der Waals surface area contributed by atoms with Crippen molar-refractivity contribution in [2.75, 3.05) is 0 Å². The van der Waals surface area contributed by atoms with Crippen LogP contribution in [0.15, 0.2) is 18.5 Å². The van der Waals surface area contributed by atoms with Crippen molar-refractivity contribution in [2.45, 2.75) is 18.9 Å². The first-order valence-corrected chi connectivity index (χ1v) is 5.47. The molecule has 1 aliphatic rings. The van der Waals surface area contributed by atoms with Crippen molar-refractivity contribution < 1.29 is 72.1 Å². The first kappa shape index (κ1) is 19.5. The SMILES string of the molecule is C[n+]1c[c-]c(C(=O)[N-]C2CCC(=O)[N-]C2=O)cc1.[Re].[Y]. The standard InChI is InChI=1S/C12H13N3O3.Re.Y/c1-15-6-4-8(5-7-15)11(17)13-9-2-3-10(16)14-12(9)18;;/h4,6-7,9H,2-3H2,1H3,(H2,13,14,16,17,18);;/p-2. The smallest absolute Gasteiger partial charge is 0.136 e. The van der Waals surface area contributed by atoms with E-state index in [1.54, 1.807) is 30.1 Å². The van der Waals surface area contributed by atoms with Crippen LogP contribution < -0.4 is 4.57 Å². The number of nitrogens with zero attached hydrogens (tertiary/aromatic N) is 3. The average Bonchev–Trinajstić information content (AvgIpc) is 2.33. The zero-order valence-corrected chi connectivity index (χ0v) is 16.3. The fourth-order valence-corrected chi connectivity index (χ4v) is 1.56. The zero-order valence-electron chi connectivity index (χ0n) is 10.7. The fraction of sp³-hybridized carbons (Fsp3) is 0.333. The second-order valence-electron chi connectivity index (χ2n) is 4.00. The van der Waals surface area contributed by atoms with E-state index >= 15 is 0 Å². The third-order valence-electron chi connectivity index (χ3n) is 2.56. The number of hydrogen-bond donors (Lipinski definition) is 0. The van der Waals surface area contributed by atoms with Gasteiger partial charge in [-0.1, -0.05) is 18.5 Å². The molecule has 1 aromatic heterocycles. The summed E-state index contributed by atoms with van der Waals surface area (Å²) >= 11 is 0. The second kappa shape index (κ2) is 8.73. The number of amides is 3. The Morgan fingerprint density at radius 3 is 2.75 bits per heavy atom. The van der Waals surface area contributed by atoms with E-state index < -0.39 is 23.8 Å². The van der Waals surface area contributed by atoms with Crippen molar-refractivity contribution in [3.63, 3.8) is 0 Å². The molecule has 2 rings (SSSR count). The molecule has 0 saturated carbocycles. The molecular formula is C12H11N3O3ReY-2. The molecule has 1 unspecified atom stereocenters. The Morgan fingerprint density at radius 2 is 2.20 bits per heavy atom. The maximum Gasteiger partial charge on any atom is 0.136 e. The maximum atomic E-state index is 11.8. The third-order valence-corrected chi connectivity index (χ3v) is 2.56. The number of imide groups is 1. The minimum Gasteiger partial charge on any atom is -0.702 e. The minimum atomic E-state index is -0.836. The molecular weight excluding hydrogens is 509 g/mol. The maximum absolute atomic E-state index is 11.8. The van der Waals surface area contributed by atoms with E-state index in [4.69, 9.17) is 0 Å². The van der Waals surface area contributed by atoms with Gasteiger partial charge < -0.3 is 25.0 Å². The molecule has 0 spiro atoms. The Morgan fingerprint density at radius 1 is 1.50 bits per heavy atom. The summed E-state index contributed by atoms with van der Waals surface area (Å²) in [6.45, 7) is 0. The van der Waals surface area contributed by atoms with Gasteiger partial charge in [-0.15, -0.1) is 6.07 Å². The monoisotopic (exact) mass is 521 g/mol. The van der Waals surface area contributed by atoms with Gasteiger partial charge in [0.05, 0.1) is 5.91 Å². The van der Waals surface area contributed by atoms with Gasteiger partial charge in [0.1, 0.15) is 19.4 Å². The minimum absolute atomic E-state index is 0. The molecule has 1 aliphatic heterocycles. The van der Waals surface area contributed by atoms with Crippen LogP contribution in [-0.2, 0) is 69.8 Å². The number of piperidine rings is 1. The largest absolute Gasteiger partial charge is 0.702 e. The van der Waals surface area contributed by atoms with Crippen molar-refractivity contribution in [3.8, 4) is 0 Å². The van der Waals surface area contributed by atoms with E-state index in [0.29, 0.717) is 0 Å². The molecule has 3 amide bonds. The Bertz CT molecular complexity index is 507. The molecule has 6 nitrogen and oxygen atoms in total. The Balaban J connectivity index is 0.00000180. The first-order chi connectivity index (χ1) is 8.56. The quantitative estimate of drug-likeness (QED) is 0.322. The molecule has 2 heterocycles. The summed E-state index contributed by atoms with van der Waals surface area (Å²) in [5.41, 5.74) is 0.290. The van der Waals surface area contributed by atoms with Gasteiger partial charge in [0.25, 0.3) is 0 Å². The predicted molar refractivity (Wildman–Crippen MR) is 60.5 cm³/mol. The van der Waals surface area contributed by atoms with Crippen LogP contribution in [-0.4, -0.2) is 23.8 Å². The molecule has 0 aromatic carbocycles. The molecule has 0 N–H and O–H groups in total.